The zero-order chi connectivity index (χ0) is 13.5. The van der Waals surface area contributed by atoms with Gasteiger partial charge in [0, 0.05) is 24.7 Å². The molecular formula is C16H15N3O. The zero-order valence-electron chi connectivity index (χ0n) is 11.1. The quantitative estimate of drug-likeness (QED) is 0.794. The van der Waals surface area contributed by atoms with Gasteiger partial charge in [-0.1, -0.05) is 18.2 Å². The van der Waals surface area contributed by atoms with E-state index in [9.17, 15) is 5.26 Å². The molecule has 0 aliphatic carbocycles. The van der Waals surface area contributed by atoms with Gasteiger partial charge in [0.25, 0.3) is 0 Å². The van der Waals surface area contributed by atoms with Gasteiger partial charge in [0.05, 0.1) is 29.0 Å². The lowest BCUT2D eigenvalue weighted by atomic mass is 10.1. The molecule has 0 spiro atoms. The second-order valence-electron chi connectivity index (χ2n) is 5.51. The molecule has 2 aliphatic heterocycles. The molecule has 100 valence electrons. The maximum atomic E-state index is 9.41. The van der Waals surface area contributed by atoms with Crippen LogP contribution in [0, 0.1) is 11.3 Å². The average Bonchev–Trinajstić information content (AvgIpc) is 2.84. The molecule has 0 saturated carbocycles. The van der Waals surface area contributed by atoms with Crippen molar-refractivity contribution in [3.63, 3.8) is 0 Å². The summed E-state index contributed by atoms with van der Waals surface area (Å²) in [4.78, 5) is 6.69. The van der Waals surface area contributed by atoms with Crippen molar-refractivity contribution in [1.29, 1.82) is 5.26 Å². The van der Waals surface area contributed by atoms with Crippen LogP contribution in [0.3, 0.4) is 0 Å². The van der Waals surface area contributed by atoms with Crippen LogP contribution in [0.1, 0.15) is 18.4 Å². The number of anilines is 1. The number of hydrogen-bond donors (Lipinski definition) is 0. The topological polar surface area (TPSA) is 49.2 Å². The summed E-state index contributed by atoms with van der Waals surface area (Å²) in [5.41, 5.74) is 2.63. The lowest BCUT2D eigenvalue weighted by Gasteiger charge is -2.34. The molecule has 2 unspecified atom stereocenters. The lowest BCUT2D eigenvalue weighted by molar-refractivity contribution is 0.0306. The van der Waals surface area contributed by atoms with Crippen molar-refractivity contribution >= 4 is 16.6 Å². The van der Waals surface area contributed by atoms with Crippen LogP contribution >= 0.6 is 0 Å². The van der Waals surface area contributed by atoms with Gasteiger partial charge in [-0.3, -0.25) is 4.98 Å². The molecule has 4 heteroatoms. The Bertz CT molecular complexity index is 694. The summed E-state index contributed by atoms with van der Waals surface area (Å²) in [6.07, 6.45) is 4.58. The van der Waals surface area contributed by atoms with Gasteiger partial charge in [-0.15, -0.1) is 0 Å². The number of morpholine rings is 1. The van der Waals surface area contributed by atoms with E-state index in [0.717, 1.165) is 42.5 Å². The van der Waals surface area contributed by atoms with Gasteiger partial charge in [0.15, 0.2) is 0 Å². The van der Waals surface area contributed by atoms with Gasteiger partial charge in [-0.25, -0.2) is 0 Å². The predicted molar refractivity (Wildman–Crippen MR) is 76.6 cm³/mol. The van der Waals surface area contributed by atoms with Crippen molar-refractivity contribution in [2.24, 2.45) is 0 Å². The first-order chi connectivity index (χ1) is 9.85. The van der Waals surface area contributed by atoms with Crippen LogP contribution < -0.4 is 4.90 Å². The number of benzene rings is 1. The van der Waals surface area contributed by atoms with Crippen molar-refractivity contribution in [2.45, 2.75) is 25.0 Å². The maximum absolute atomic E-state index is 9.41. The number of nitrogens with zero attached hydrogens (tertiary/aromatic N) is 3. The molecule has 20 heavy (non-hydrogen) atoms. The summed E-state index contributed by atoms with van der Waals surface area (Å²) in [5, 5.41) is 10.5. The normalized spacial score (nSPS) is 24.9. The molecule has 2 bridgehead atoms. The van der Waals surface area contributed by atoms with Crippen LogP contribution in [0.2, 0.25) is 0 Å². The molecule has 1 aromatic heterocycles. The van der Waals surface area contributed by atoms with E-state index in [1.165, 1.54) is 0 Å². The Kier molecular flexibility index (Phi) is 2.61. The highest BCUT2D eigenvalue weighted by molar-refractivity contribution is 5.94. The largest absolute Gasteiger partial charge is 0.371 e. The van der Waals surface area contributed by atoms with E-state index < -0.39 is 0 Å². The summed E-state index contributed by atoms with van der Waals surface area (Å²) in [6, 6.07) is 10.3. The van der Waals surface area contributed by atoms with Gasteiger partial charge < -0.3 is 9.64 Å². The van der Waals surface area contributed by atoms with Crippen LogP contribution in [0.4, 0.5) is 5.69 Å². The first-order valence-corrected chi connectivity index (χ1v) is 7.03. The number of rotatable bonds is 1. The maximum Gasteiger partial charge on any atom is 0.103 e. The third kappa shape index (κ3) is 1.75. The van der Waals surface area contributed by atoms with E-state index in [2.05, 4.69) is 22.0 Å². The molecule has 2 fully saturated rings. The van der Waals surface area contributed by atoms with Crippen LogP contribution in [0.15, 0.2) is 30.5 Å². The highest BCUT2D eigenvalue weighted by atomic mass is 16.5. The van der Waals surface area contributed by atoms with E-state index in [0.29, 0.717) is 17.8 Å². The Hall–Kier alpha value is -2.12. The highest BCUT2D eigenvalue weighted by Gasteiger charge is 2.35. The fourth-order valence-electron chi connectivity index (χ4n) is 3.35. The number of hydrogen-bond acceptors (Lipinski definition) is 4. The minimum Gasteiger partial charge on any atom is -0.371 e. The molecule has 4 rings (SSSR count). The molecule has 2 saturated heterocycles. The number of para-hydroxylation sites is 1. The monoisotopic (exact) mass is 265 g/mol. The Labute approximate surface area is 117 Å². The summed E-state index contributed by atoms with van der Waals surface area (Å²) in [6.45, 7) is 1.75. The van der Waals surface area contributed by atoms with Crippen molar-refractivity contribution in [3.05, 3.63) is 36.0 Å². The molecule has 0 N–H and O–H groups in total. The summed E-state index contributed by atoms with van der Waals surface area (Å²) < 4.78 is 5.89. The second kappa shape index (κ2) is 4.46. The highest BCUT2D eigenvalue weighted by Crippen LogP contribution is 2.35. The Morgan fingerprint density at radius 1 is 1.20 bits per heavy atom. The molecular weight excluding hydrogens is 250 g/mol. The Morgan fingerprint density at radius 3 is 2.70 bits per heavy atom. The molecule has 0 amide bonds. The molecule has 0 radical (unpaired) electrons. The summed E-state index contributed by atoms with van der Waals surface area (Å²) in [5.74, 6) is 0. The Balaban J connectivity index is 1.87. The predicted octanol–water partition coefficient (Wildman–Crippen LogP) is 2.47. The number of nitriles is 1. The molecule has 3 heterocycles. The minimum absolute atomic E-state index is 0.312. The number of pyridine rings is 1. The average molecular weight is 265 g/mol. The van der Waals surface area contributed by atoms with Crippen molar-refractivity contribution < 1.29 is 4.74 Å². The number of aromatic nitrogens is 1. The van der Waals surface area contributed by atoms with Gasteiger partial charge in [0.2, 0.25) is 0 Å². The number of fused-ring (bicyclic) bond motifs is 3. The van der Waals surface area contributed by atoms with Crippen molar-refractivity contribution in [2.75, 3.05) is 18.0 Å². The van der Waals surface area contributed by atoms with Gasteiger partial charge in [-0.2, -0.15) is 5.26 Å². The standard InChI is InChI=1S/C16H15N3O/c17-7-11-8-18-15-4-2-1-3-14(15)16(11)19-9-12-5-6-13(10-19)20-12/h1-4,8,12-13H,5-6,9-10H2. The zero-order valence-corrected chi connectivity index (χ0v) is 11.1. The summed E-state index contributed by atoms with van der Waals surface area (Å²) in [7, 11) is 0. The van der Waals surface area contributed by atoms with E-state index in [1.807, 2.05) is 18.2 Å². The molecule has 4 nitrogen and oxygen atoms in total. The van der Waals surface area contributed by atoms with E-state index in [-0.39, 0.29) is 0 Å². The SMILES string of the molecule is N#Cc1cnc2ccccc2c1N1CC2CCC(C1)O2. The van der Waals surface area contributed by atoms with Crippen LogP contribution in [0.25, 0.3) is 10.9 Å². The van der Waals surface area contributed by atoms with Gasteiger partial charge in [0.1, 0.15) is 6.07 Å². The van der Waals surface area contributed by atoms with Crippen molar-refractivity contribution in [1.82, 2.24) is 4.98 Å². The lowest BCUT2D eigenvalue weighted by Crippen LogP contribution is -2.43. The first kappa shape index (κ1) is 11.7. The second-order valence-corrected chi connectivity index (χ2v) is 5.51. The van der Waals surface area contributed by atoms with Crippen LogP contribution in [-0.2, 0) is 4.74 Å². The molecule has 2 aromatic rings. The van der Waals surface area contributed by atoms with Crippen LogP contribution in [0.5, 0.6) is 0 Å². The Morgan fingerprint density at radius 2 is 1.95 bits per heavy atom. The van der Waals surface area contributed by atoms with Gasteiger partial charge >= 0.3 is 0 Å². The van der Waals surface area contributed by atoms with Gasteiger partial charge in [-0.05, 0) is 18.9 Å². The third-order valence-corrected chi connectivity index (χ3v) is 4.23. The molecule has 2 atom stereocenters. The van der Waals surface area contributed by atoms with Crippen molar-refractivity contribution in [3.8, 4) is 6.07 Å². The fraction of sp³-hybridized carbons (Fsp3) is 0.375. The summed E-state index contributed by atoms with van der Waals surface area (Å²) >= 11 is 0. The molecule has 2 aliphatic rings. The third-order valence-electron chi connectivity index (χ3n) is 4.23. The van der Waals surface area contributed by atoms with E-state index in [1.54, 1.807) is 6.20 Å². The molecule has 1 aromatic carbocycles. The first-order valence-electron chi connectivity index (χ1n) is 7.03. The number of ether oxygens (including phenoxy) is 1. The van der Waals surface area contributed by atoms with E-state index in [4.69, 9.17) is 4.74 Å². The van der Waals surface area contributed by atoms with E-state index >= 15 is 0 Å². The van der Waals surface area contributed by atoms with Crippen LogP contribution in [-0.4, -0.2) is 30.3 Å². The smallest absolute Gasteiger partial charge is 0.103 e. The fourth-order valence-corrected chi connectivity index (χ4v) is 3.35. The minimum atomic E-state index is 0.312.